The highest BCUT2D eigenvalue weighted by Crippen LogP contribution is 2.20. The Morgan fingerprint density at radius 1 is 1.30 bits per heavy atom. The van der Waals surface area contributed by atoms with Crippen LogP contribution in [0.2, 0.25) is 5.02 Å². The minimum Gasteiger partial charge on any atom is -0.450 e. The number of likely N-dealkylation sites (tertiary alicyclic amines) is 1. The molecule has 1 aromatic heterocycles. The lowest BCUT2D eigenvalue weighted by molar-refractivity contribution is -0.121. The third-order valence-corrected chi connectivity index (χ3v) is 4.78. The maximum absolute atomic E-state index is 12.7. The van der Waals surface area contributed by atoms with Crippen LogP contribution in [0, 0.1) is 5.92 Å². The molecule has 0 saturated carbocycles. The van der Waals surface area contributed by atoms with Gasteiger partial charge >= 0.3 is 6.09 Å². The van der Waals surface area contributed by atoms with E-state index in [1.54, 1.807) is 28.8 Å². The lowest BCUT2D eigenvalue weighted by atomic mass is 9.97. The first kappa shape index (κ1) is 19.2. The highest BCUT2D eigenvalue weighted by Gasteiger charge is 2.29. The Bertz CT molecular complexity index is 791. The minimum atomic E-state index is -0.359. The second-order valence-corrected chi connectivity index (χ2v) is 6.91. The SMILES string of the molecule is CCOC(=O)N1CCC[C@H](C(=O)Nc2ccnn2Cc2ccc(Cl)cc2)C1. The number of rotatable bonds is 5. The topological polar surface area (TPSA) is 76.5 Å². The molecule has 1 fully saturated rings. The predicted molar refractivity (Wildman–Crippen MR) is 103 cm³/mol. The summed E-state index contributed by atoms with van der Waals surface area (Å²) in [6.45, 7) is 3.62. The molecule has 0 spiro atoms. The highest BCUT2D eigenvalue weighted by atomic mass is 35.5. The third-order valence-electron chi connectivity index (χ3n) is 4.53. The van der Waals surface area contributed by atoms with E-state index >= 15 is 0 Å². The zero-order chi connectivity index (χ0) is 19.2. The molecule has 7 nitrogen and oxygen atoms in total. The van der Waals surface area contributed by atoms with E-state index in [1.165, 1.54) is 0 Å². The molecule has 8 heteroatoms. The summed E-state index contributed by atoms with van der Waals surface area (Å²) in [6.07, 6.45) is 2.81. The summed E-state index contributed by atoms with van der Waals surface area (Å²) < 4.78 is 6.77. The summed E-state index contributed by atoms with van der Waals surface area (Å²) in [4.78, 5) is 26.2. The Hall–Kier alpha value is -2.54. The second-order valence-electron chi connectivity index (χ2n) is 6.47. The fourth-order valence-corrected chi connectivity index (χ4v) is 3.25. The molecule has 0 radical (unpaired) electrons. The fraction of sp³-hybridized carbons (Fsp3) is 0.421. The van der Waals surface area contributed by atoms with Gasteiger partial charge in [0.05, 0.1) is 25.3 Å². The minimum absolute atomic E-state index is 0.109. The van der Waals surface area contributed by atoms with Gasteiger partial charge in [-0.3, -0.25) is 4.79 Å². The first-order valence-electron chi connectivity index (χ1n) is 9.05. The van der Waals surface area contributed by atoms with Crippen molar-refractivity contribution in [1.82, 2.24) is 14.7 Å². The number of carbonyl (C=O) groups excluding carboxylic acids is 2. The average molecular weight is 391 g/mol. The van der Waals surface area contributed by atoms with Crippen molar-refractivity contribution < 1.29 is 14.3 Å². The van der Waals surface area contributed by atoms with Crippen molar-refractivity contribution >= 4 is 29.4 Å². The maximum atomic E-state index is 12.7. The van der Waals surface area contributed by atoms with Crippen LogP contribution in [-0.2, 0) is 16.1 Å². The zero-order valence-corrected chi connectivity index (χ0v) is 16.0. The van der Waals surface area contributed by atoms with Gasteiger partial charge in [-0.2, -0.15) is 5.10 Å². The number of nitrogens with one attached hydrogen (secondary N) is 1. The summed E-state index contributed by atoms with van der Waals surface area (Å²) in [5.41, 5.74) is 1.03. The van der Waals surface area contributed by atoms with E-state index in [1.807, 2.05) is 24.3 Å². The molecule has 0 unspecified atom stereocenters. The van der Waals surface area contributed by atoms with E-state index in [4.69, 9.17) is 16.3 Å². The molecule has 1 saturated heterocycles. The van der Waals surface area contributed by atoms with Gasteiger partial charge in [0, 0.05) is 24.2 Å². The molecular formula is C19H23ClN4O3. The van der Waals surface area contributed by atoms with Crippen LogP contribution in [0.15, 0.2) is 36.5 Å². The summed E-state index contributed by atoms with van der Waals surface area (Å²) >= 11 is 5.92. The summed E-state index contributed by atoms with van der Waals surface area (Å²) in [5.74, 6) is 0.257. The van der Waals surface area contributed by atoms with Crippen molar-refractivity contribution in [3.8, 4) is 0 Å². The van der Waals surface area contributed by atoms with Gasteiger partial charge in [0.25, 0.3) is 0 Å². The first-order chi connectivity index (χ1) is 13.1. The van der Waals surface area contributed by atoms with Crippen LogP contribution in [0.1, 0.15) is 25.3 Å². The van der Waals surface area contributed by atoms with Crippen LogP contribution in [0.5, 0.6) is 0 Å². The van der Waals surface area contributed by atoms with E-state index in [9.17, 15) is 9.59 Å². The number of aromatic nitrogens is 2. The first-order valence-corrected chi connectivity index (χ1v) is 9.43. The van der Waals surface area contributed by atoms with Crippen LogP contribution in [0.3, 0.4) is 0 Å². The molecule has 1 N–H and O–H groups in total. The highest BCUT2D eigenvalue weighted by molar-refractivity contribution is 6.30. The monoisotopic (exact) mass is 390 g/mol. The van der Waals surface area contributed by atoms with E-state index in [0.717, 1.165) is 18.4 Å². The molecule has 2 aromatic rings. The number of anilines is 1. The average Bonchev–Trinajstić information content (AvgIpc) is 3.10. The number of hydrogen-bond acceptors (Lipinski definition) is 4. The maximum Gasteiger partial charge on any atom is 0.409 e. The van der Waals surface area contributed by atoms with Gasteiger partial charge in [-0.1, -0.05) is 23.7 Å². The molecule has 1 aliphatic rings. The van der Waals surface area contributed by atoms with Crippen molar-refractivity contribution in [2.75, 3.05) is 25.0 Å². The Kier molecular flexibility index (Phi) is 6.34. The lowest BCUT2D eigenvalue weighted by Gasteiger charge is -2.31. The van der Waals surface area contributed by atoms with Crippen molar-refractivity contribution in [1.29, 1.82) is 0 Å². The number of ether oxygens (including phenoxy) is 1. The summed E-state index contributed by atoms with van der Waals surface area (Å²) in [7, 11) is 0. The van der Waals surface area contributed by atoms with Crippen LogP contribution in [0.4, 0.5) is 10.6 Å². The molecule has 27 heavy (non-hydrogen) atoms. The Balaban J connectivity index is 1.62. The van der Waals surface area contributed by atoms with Crippen LogP contribution in [-0.4, -0.2) is 46.4 Å². The summed E-state index contributed by atoms with van der Waals surface area (Å²) in [6, 6.07) is 9.26. The fourth-order valence-electron chi connectivity index (χ4n) is 3.13. The van der Waals surface area contributed by atoms with Crippen LogP contribution < -0.4 is 5.32 Å². The Morgan fingerprint density at radius 2 is 2.07 bits per heavy atom. The van der Waals surface area contributed by atoms with E-state index in [-0.39, 0.29) is 17.9 Å². The number of halogens is 1. The van der Waals surface area contributed by atoms with Gasteiger partial charge in [-0.15, -0.1) is 0 Å². The number of carbonyl (C=O) groups is 2. The van der Waals surface area contributed by atoms with Gasteiger partial charge < -0.3 is 15.0 Å². The molecule has 1 aromatic carbocycles. The van der Waals surface area contributed by atoms with E-state index < -0.39 is 0 Å². The van der Waals surface area contributed by atoms with Crippen molar-refractivity contribution in [2.45, 2.75) is 26.3 Å². The number of benzene rings is 1. The van der Waals surface area contributed by atoms with Gasteiger partial charge in [0.2, 0.25) is 5.91 Å². The van der Waals surface area contributed by atoms with Crippen LogP contribution in [0.25, 0.3) is 0 Å². The number of piperidine rings is 1. The third kappa shape index (κ3) is 5.01. The standard InChI is InChI=1S/C19H23ClN4O3/c1-2-27-19(26)23-11-3-4-15(13-23)18(25)22-17-9-10-21-24(17)12-14-5-7-16(20)8-6-14/h5-10,15H,2-4,11-13H2,1H3,(H,22,25)/t15-/m0/s1. The predicted octanol–water partition coefficient (Wildman–Crippen LogP) is 3.39. The molecular weight excluding hydrogens is 368 g/mol. The van der Waals surface area contributed by atoms with E-state index in [2.05, 4.69) is 10.4 Å². The van der Waals surface area contributed by atoms with Gasteiger partial charge in [0.1, 0.15) is 5.82 Å². The van der Waals surface area contributed by atoms with Crippen molar-refractivity contribution in [3.63, 3.8) is 0 Å². The normalized spacial score (nSPS) is 16.8. The zero-order valence-electron chi connectivity index (χ0n) is 15.2. The van der Waals surface area contributed by atoms with Crippen LogP contribution >= 0.6 is 11.6 Å². The smallest absolute Gasteiger partial charge is 0.409 e. The summed E-state index contributed by atoms with van der Waals surface area (Å²) in [5, 5.41) is 7.90. The number of hydrogen-bond donors (Lipinski definition) is 1. The number of amides is 2. The molecule has 0 aliphatic carbocycles. The van der Waals surface area contributed by atoms with E-state index in [0.29, 0.717) is 37.1 Å². The quantitative estimate of drug-likeness (QED) is 0.848. The molecule has 3 rings (SSSR count). The molecule has 0 bridgehead atoms. The van der Waals surface area contributed by atoms with Gasteiger partial charge in [-0.05, 0) is 37.5 Å². The Morgan fingerprint density at radius 3 is 2.81 bits per heavy atom. The molecule has 2 heterocycles. The second kappa shape index (κ2) is 8.90. The van der Waals surface area contributed by atoms with Gasteiger partial charge in [0.15, 0.2) is 0 Å². The van der Waals surface area contributed by atoms with Crippen molar-refractivity contribution in [2.24, 2.45) is 5.92 Å². The molecule has 144 valence electrons. The molecule has 1 atom stereocenters. The molecule has 2 amide bonds. The molecule has 1 aliphatic heterocycles. The largest absolute Gasteiger partial charge is 0.450 e. The van der Waals surface area contributed by atoms with Gasteiger partial charge in [-0.25, -0.2) is 9.48 Å². The number of nitrogens with zero attached hydrogens (tertiary/aromatic N) is 3. The lowest BCUT2D eigenvalue weighted by Crippen LogP contribution is -2.44. The Labute approximate surface area is 163 Å². The van der Waals surface area contributed by atoms with Crippen molar-refractivity contribution in [3.05, 3.63) is 47.1 Å².